The second-order valence-electron chi connectivity index (χ2n) is 6.55. The van der Waals surface area contributed by atoms with Gasteiger partial charge in [-0.2, -0.15) is 13.2 Å². The number of amides is 1. The van der Waals surface area contributed by atoms with Gasteiger partial charge in [0.15, 0.2) is 6.10 Å². The maximum atomic E-state index is 12.5. The van der Waals surface area contributed by atoms with E-state index in [4.69, 9.17) is 0 Å². The molecule has 1 aliphatic heterocycles. The summed E-state index contributed by atoms with van der Waals surface area (Å²) < 4.78 is 37.6. The number of benzene rings is 1. The number of carbonyl (C=O) groups excluding carboxylic acids is 1. The standard InChI is InChI=1S/C17H23F3N2O2/c1-21(2)11-12-3-5-14(6-4-12)16(24)22-9-7-13(8-10-22)15(23)17(18,19)20/h3-6,13,15,23H,7-11H2,1-2H3. The van der Waals surface area contributed by atoms with E-state index in [0.29, 0.717) is 5.56 Å². The summed E-state index contributed by atoms with van der Waals surface area (Å²) in [5.74, 6) is -1.01. The Morgan fingerprint density at radius 2 is 1.79 bits per heavy atom. The number of hydrogen-bond donors (Lipinski definition) is 1. The fourth-order valence-corrected chi connectivity index (χ4v) is 2.99. The van der Waals surface area contributed by atoms with E-state index in [1.807, 2.05) is 31.1 Å². The molecule has 7 heteroatoms. The average Bonchev–Trinajstić information content (AvgIpc) is 2.53. The Morgan fingerprint density at radius 1 is 1.25 bits per heavy atom. The molecule has 0 aromatic heterocycles. The summed E-state index contributed by atoms with van der Waals surface area (Å²) in [6.07, 6.45) is -6.59. The first-order chi connectivity index (χ1) is 11.2. The van der Waals surface area contributed by atoms with E-state index in [1.165, 1.54) is 0 Å². The maximum absolute atomic E-state index is 12.5. The Bertz CT molecular complexity index is 550. The molecular weight excluding hydrogens is 321 g/mol. The zero-order chi connectivity index (χ0) is 17.9. The normalized spacial score (nSPS) is 18.0. The second-order valence-corrected chi connectivity index (χ2v) is 6.55. The third-order valence-corrected chi connectivity index (χ3v) is 4.31. The van der Waals surface area contributed by atoms with Crippen molar-refractivity contribution in [3.05, 3.63) is 35.4 Å². The lowest BCUT2D eigenvalue weighted by atomic mass is 9.90. The largest absolute Gasteiger partial charge is 0.414 e. The van der Waals surface area contributed by atoms with Crippen LogP contribution in [0.5, 0.6) is 0 Å². The molecule has 0 spiro atoms. The number of hydrogen-bond acceptors (Lipinski definition) is 3. The van der Waals surface area contributed by atoms with Gasteiger partial charge in [0.1, 0.15) is 0 Å². The van der Waals surface area contributed by atoms with E-state index in [9.17, 15) is 23.1 Å². The van der Waals surface area contributed by atoms with Gasteiger partial charge >= 0.3 is 6.18 Å². The number of alkyl halides is 3. The quantitative estimate of drug-likeness (QED) is 0.913. The van der Waals surface area contributed by atoms with Crippen LogP contribution in [0.3, 0.4) is 0 Å². The van der Waals surface area contributed by atoms with Crippen molar-refractivity contribution >= 4 is 5.91 Å². The highest BCUT2D eigenvalue weighted by Gasteiger charge is 2.44. The third-order valence-electron chi connectivity index (χ3n) is 4.31. The zero-order valence-corrected chi connectivity index (χ0v) is 13.9. The second kappa shape index (κ2) is 7.53. The molecule has 1 fully saturated rings. The van der Waals surface area contributed by atoms with Gasteiger partial charge in [0, 0.05) is 25.2 Å². The molecule has 1 amide bonds. The van der Waals surface area contributed by atoms with Crippen LogP contribution in [0, 0.1) is 5.92 Å². The fraction of sp³-hybridized carbons (Fsp3) is 0.588. The summed E-state index contributed by atoms with van der Waals surface area (Å²) in [7, 11) is 3.91. The molecule has 1 N–H and O–H groups in total. The molecule has 0 aliphatic carbocycles. The molecule has 1 aromatic carbocycles. The smallest absolute Gasteiger partial charge is 0.383 e. The molecule has 4 nitrogen and oxygen atoms in total. The molecule has 1 saturated heterocycles. The van der Waals surface area contributed by atoms with E-state index in [1.54, 1.807) is 17.0 Å². The van der Waals surface area contributed by atoms with Crippen molar-refractivity contribution < 1.29 is 23.1 Å². The van der Waals surface area contributed by atoms with Gasteiger partial charge < -0.3 is 14.9 Å². The van der Waals surface area contributed by atoms with Gasteiger partial charge in [0.2, 0.25) is 0 Å². The molecule has 2 rings (SSSR count). The number of rotatable bonds is 4. The van der Waals surface area contributed by atoms with Gasteiger partial charge in [-0.25, -0.2) is 0 Å². The first-order valence-electron chi connectivity index (χ1n) is 7.96. The first-order valence-corrected chi connectivity index (χ1v) is 7.96. The molecule has 24 heavy (non-hydrogen) atoms. The van der Waals surface area contributed by atoms with Gasteiger partial charge in [-0.3, -0.25) is 4.79 Å². The van der Waals surface area contributed by atoms with Crippen molar-refractivity contribution in [3.63, 3.8) is 0 Å². The van der Waals surface area contributed by atoms with Crippen molar-refractivity contribution in [1.29, 1.82) is 0 Å². The monoisotopic (exact) mass is 344 g/mol. The lowest BCUT2D eigenvalue weighted by Crippen LogP contribution is -2.45. The van der Waals surface area contributed by atoms with Crippen LogP contribution in [-0.4, -0.2) is 60.3 Å². The Hall–Kier alpha value is -1.60. The SMILES string of the molecule is CN(C)Cc1ccc(C(=O)N2CCC(C(O)C(F)(F)F)CC2)cc1. The Kier molecular flexibility index (Phi) is 5.87. The van der Waals surface area contributed by atoms with Crippen molar-refractivity contribution in [2.75, 3.05) is 27.2 Å². The highest BCUT2D eigenvalue weighted by atomic mass is 19.4. The molecule has 1 heterocycles. The highest BCUT2D eigenvalue weighted by Crippen LogP contribution is 2.31. The number of carbonyl (C=O) groups is 1. The molecule has 0 radical (unpaired) electrons. The van der Waals surface area contributed by atoms with E-state index in [0.717, 1.165) is 12.1 Å². The lowest BCUT2D eigenvalue weighted by Gasteiger charge is -2.34. The first kappa shape index (κ1) is 18.7. The van der Waals surface area contributed by atoms with Crippen LogP contribution < -0.4 is 0 Å². The number of aliphatic hydroxyl groups excluding tert-OH is 1. The molecule has 1 aliphatic rings. The minimum Gasteiger partial charge on any atom is -0.383 e. The number of halogens is 3. The molecule has 134 valence electrons. The highest BCUT2D eigenvalue weighted by molar-refractivity contribution is 5.94. The van der Waals surface area contributed by atoms with Crippen molar-refractivity contribution in [1.82, 2.24) is 9.80 Å². The molecule has 1 aromatic rings. The van der Waals surface area contributed by atoms with E-state index in [2.05, 4.69) is 0 Å². The summed E-state index contributed by atoms with van der Waals surface area (Å²) in [4.78, 5) is 16.0. The van der Waals surface area contributed by atoms with Crippen LogP contribution in [0.15, 0.2) is 24.3 Å². The Balaban J connectivity index is 1.93. The van der Waals surface area contributed by atoms with Crippen molar-refractivity contribution in [3.8, 4) is 0 Å². The van der Waals surface area contributed by atoms with Crippen LogP contribution in [0.25, 0.3) is 0 Å². The van der Waals surface area contributed by atoms with Crippen LogP contribution in [0.4, 0.5) is 13.2 Å². The van der Waals surface area contributed by atoms with E-state index >= 15 is 0 Å². The Morgan fingerprint density at radius 3 is 2.25 bits per heavy atom. The number of nitrogens with zero attached hydrogens (tertiary/aromatic N) is 2. The lowest BCUT2D eigenvalue weighted by molar-refractivity contribution is -0.222. The predicted molar refractivity (Wildman–Crippen MR) is 84.5 cm³/mol. The summed E-state index contributed by atoms with van der Waals surface area (Å²) in [5.41, 5.74) is 1.62. The van der Waals surface area contributed by atoms with Gasteiger partial charge in [0.25, 0.3) is 5.91 Å². The summed E-state index contributed by atoms with van der Waals surface area (Å²) in [6, 6.07) is 7.26. The van der Waals surface area contributed by atoms with Gasteiger partial charge in [-0.15, -0.1) is 0 Å². The van der Waals surface area contributed by atoms with Crippen LogP contribution in [0.1, 0.15) is 28.8 Å². The molecular formula is C17H23F3N2O2. The molecule has 0 saturated carbocycles. The summed E-state index contributed by atoms with van der Waals surface area (Å²) in [6.45, 7) is 1.24. The van der Waals surface area contributed by atoms with Crippen LogP contribution >= 0.6 is 0 Å². The number of aliphatic hydroxyl groups is 1. The third kappa shape index (κ3) is 4.70. The average molecular weight is 344 g/mol. The summed E-state index contributed by atoms with van der Waals surface area (Å²) in [5, 5.41) is 9.32. The minimum absolute atomic E-state index is 0.158. The van der Waals surface area contributed by atoms with Gasteiger partial charge in [-0.1, -0.05) is 12.1 Å². The van der Waals surface area contributed by atoms with Crippen molar-refractivity contribution in [2.24, 2.45) is 5.92 Å². The minimum atomic E-state index is -4.60. The van der Waals surface area contributed by atoms with E-state index < -0.39 is 18.2 Å². The molecule has 0 bridgehead atoms. The van der Waals surface area contributed by atoms with Crippen LogP contribution in [0.2, 0.25) is 0 Å². The van der Waals surface area contributed by atoms with Crippen molar-refractivity contribution in [2.45, 2.75) is 31.7 Å². The predicted octanol–water partition coefficient (Wildman–Crippen LogP) is 2.52. The number of piperidine rings is 1. The van der Waals surface area contributed by atoms with E-state index in [-0.39, 0.29) is 31.8 Å². The summed E-state index contributed by atoms with van der Waals surface area (Å²) >= 11 is 0. The maximum Gasteiger partial charge on any atom is 0.414 e. The zero-order valence-electron chi connectivity index (χ0n) is 13.9. The number of likely N-dealkylation sites (tertiary alicyclic amines) is 1. The van der Waals surface area contributed by atoms with Crippen LogP contribution in [-0.2, 0) is 6.54 Å². The Labute approximate surface area is 139 Å². The van der Waals surface area contributed by atoms with Gasteiger partial charge in [0.05, 0.1) is 0 Å². The topological polar surface area (TPSA) is 43.8 Å². The molecule has 1 unspecified atom stereocenters. The fourth-order valence-electron chi connectivity index (χ4n) is 2.99. The van der Waals surface area contributed by atoms with Gasteiger partial charge in [-0.05, 0) is 50.6 Å². The molecule has 1 atom stereocenters.